The molecule has 0 heterocycles. The molecule has 25 heavy (non-hydrogen) atoms. The molecule has 0 N–H and O–H groups in total. The number of ether oxygens (including phenoxy) is 3. The SMILES string of the molecule is COc1ccc(CN(C)C(=O)[C@@H](C)Oc2ccccc2C)cc1OC. The van der Waals surface area contributed by atoms with Crippen LogP contribution in [-0.4, -0.2) is 38.2 Å². The fraction of sp³-hybridized carbons (Fsp3) is 0.350. The number of amides is 1. The van der Waals surface area contributed by atoms with Crippen LogP contribution in [0.3, 0.4) is 0 Å². The van der Waals surface area contributed by atoms with Gasteiger partial charge in [0.05, 0.1) is 14.2 Å². The highest BCUT2D eigenvalue weighted by atomic mass is 16.5. The number of aryl methyl sites for hydroxylation is 1. The maximum absolute atomic E-state index is 12.6. The Morgan fingerprint density at radius 1 is 1.04 bits per heavy atom. The van der Waals surface area contributed by atoms with E-state index in [0.717, 1.165) is 16.9 Å². The van der Waals surface area contributed by atoms with Crippen molar-refractivity contribution in [3.8, 4) is 17.2 Å². The maximum atomic E-state index is 12.6. The number of rotatable bonds is 7. The third-order valence-electron chi connectivity index (χ3n) is 3.99. The van der Waals surface area contributed by atoms with E-state index in [1.165, 1.54) is 0 Å². The molecule has 0 spiro atoms. The van der Waals surface area contributed by atoms with Crippen molar-refractivity contribution in [3.63, 3.8) is 0 Å². The molecule has 0 saturated carbocycles. The number of nitrogens with zero attached hydrogens (tertiary/aromatic N) is 1. The minimum absolute atomic E-state index is 0.0852. The molecule has 2 aromatic rings. The lowest BCUT2D eigenvalue weighted by Crippen LogP contribution is -2.37. The van der Waals surface area contributed by atoms with Crippen molar-refractivity contribution in [3.05, 3.63) is 53.6 Å². The van der Waals surface area contributed by atoms with Gasteiger partial charge in [-0.15, -0.1) is 0 Å². The fourth-order valence-electron chi connectivity index (χ4n) is 2.57. The first-order valence-electron chi connectivity index (χ1n) is 8.14. The summed E-state index contributed by atoms with van der Waals surface area (Å²) in [7, 11) is 4.95. The van der Waals surface area contributed by atoms with Crippen molar-refractivity contribution in [2.75, 3.05) is 21.3 Å². The minimum Gasteiger partial charge on any atom is -0.493 e. The summed E-state index contributed by atoms with van der Waals surface area (Å²) in [5.41, 5.74) is 1.96. The topological polar surface area (TPSA) is 48.0 Å². The summed E-state index contributed by atoms with van der Waals surface area (Å²) in [4.78, 5) is 14.2. The van der Waals surface area contributed by atoms with Crippen LogP contribution in [0.15, 0.2) is 42.5 Å². The molecule has 2 aromatic carbocycles. The van der Waals surface area contributed by atoms with Crippen molar-refractivity contribution < 1.29 is 19.0 Å². The van der Waals surface area contributed by atoms with E-state index < -0.39 is 6.10 Å². The first kappa shape index (κ1) is 18.6. The van der Waals surface area contributed by atoms with E-state index in [4.69, 9.17) is 14.2 Å². The standard InChI is InChI=1S/C20H25NO4/c1-14-8-6-7-9-17(14)25-15(2)20(22)21(3)13-16-10-11-18(23-4)19(12-16)24-5/h6-12,15H,13H2,1-5H3/t15-/m1/s1. The van der Waals surface area contributed by atoms with Gasteiger partial charge >= 0.3 is 0 Å². The van der Waals surface area contributed by atoms with Crippen molar-refractivity contribution in [2.45, 2.75) is 26.5 Å². The highest BCUT2D eigenvalue weighted by Gasteiger charge is 2.20. The van der Waals surface area contributed by atoms with Crippen molar-refractivity contribution >= 4 is 5.91 Å². The van der Waals surface area contributed by atoms with Crippen LogP contribution < -0.4 is 14.2 Å². The third kappa shape index (κ3) is 4.66. The van der Waals surface area contributed by atoms with E-state index >= 15 is 0 Å². The second kappa shape index (κ2) is 8.42. The molecule has 0 aliphatic carbocycles. The molecule has 0 unspecified atom stereocenters. The summed E-state index contributed by atoms with van der Waals surface area (Å²) >= 11 is 0. The van der Waals surface area contributed by atoms with Gasteiger partial charge in [-0.25, -0.2) is 0 Å². The molecule has 5 nitrogen and oxygen atoms in total. The summed E-state index contributed by atoms with van der Waals surface area (Å²) in [5.74, 6) is 1.95. The van der Waals surface area contributed by atoms with Gasteiger partial charge in [-0.2, -0.15) is 0 Å². The Labute approximate surface area is 149 Å². The van der Waals surface area contributed by atoms with Crippen LogP contribution in [0.2, 0.25) is 0 Å². The average molecular weight is 343 g/mol. The van der Waals surface area contributed by atoms with E-state index in [0.29, 0.717) is 18.0 Å². The zero-order valence-corrected chi connectivity index (χ0v) is 15.4. The number of methoxy groups -OCH3 is 2. The molecule has 0 aliphatic rings. The lowest BCUT2D eigenvalue weighted by molar-refractivity contribution is -0.137. The van der Waals surface area contributed by atoms with Gasteiger partial charge in [-0.1, -0.05) is 24.3 Å². The fourth-order valence-corrected chi connectivity index (χ4v) is 2.57. The van der Waals surface area contributed by atoms with Crippen molar-refractivity contribution in [1.29, 1.82) is 0 Å². The molecule has 5 heteroatoms. The Morgan fingerprint density at radius 3 is 2.36 bits per heavy atom. The Bertz CT molecular complexity index is 729. The van der Waals surface area contributed by atoms with Gasteiger partial charge in [-0.3, -0.25) is 4.79 Å². The molecule has 0 radical (unpaired) electrons. The molecular weight excluding hydrogens is 318 g/mol. The molecule has 0 saturated heterocycles. The predicted molar refractivity (Wildman–Crippen MR) is 97.3 cm³/mol. The number of carbonyl (C=O) groups excluding carboxylic acids is 1. The molecule has 1 amide bonds. The van der Waals surface area contributed by atoms with E-state index in [-0.39, 0.29) is 5.91 Å². The molecular formula is C20H25NO4. The normalized spacial score (nSPS) is 11.6. The van der Waals surface area contributed by atoms with Crippen LogP contribution in [0.1, 0.15) is 18.1 Å². The van der Waals surface area contributed by atoms with E-state index in [1.54, 1.807) is 33.1 Å². The van der Waals surface area contributed by atoms with Crippen LogP contribution in [0.5, 0.6) is 17.2 Å². The van der Waals surface area contributed by atoms with Crippen LogP contribution in [-0.2, 0) is 11.3 Å². The van der Waals surface area contributed by atoms with Gasteiger partial charge in [0.1, 0.15) is 5.75 Å². The van der Waals surface area contributed by atoms with E-state index in [9.17, 15) is 4.79 Å². The molecule has 1 atom stereocenters. The predicted octanol–water partition coefficient (Wildman–Crippen LogP) is 3.44. The van der Waals surface area contributed by atoms with Gasteiger partial charge in [0.15, 0.2) is 17.6 Å². The Balaban J connectivity index is 2.03. The van der Waals surface area contributed by atoms with Crippen molar-refractivity contribution in [2.24, 2.45) is 0 Å². The summed E-state index contributed by atoms with van der Waals surface area (Å²) in [6, 6.07) is 13.3. The largest absolute Gasteiger partial charge is 0.493 e. The number of hydrogen-bond donors (Lipinski definition) is 0. The monoisotopic (exact) mass is 343 g/mol. The first-order valence-corrected chi connectivity index (χ1v) is 8.14. The third-order valence-corrected chi connectivity index (χ3v) is 3.99. The van der Waals surface area contributed by atoms with Crippen LogP contribution in [0, 0.1) is 6.92 Å². The Kier molecular flexibility index (Phi) is 6.28. The number of benzene rings is 2. The van der Waals surface area contributed by atoms with E-state index in [1.807, 2.05) is 49.4 Å². The number of para-hydroxylation sites is 1. The van der Waals surface area contributed by atoms with Gasteiger partial charge in [0.25, 0.3) is 5.91 Å². The minimum atomic E-state index is -0.564. The van der Waals surface area contributed by atoms with Crippen LogP contribution >= 0.6 is 0 Å². The Morgan fingerprint density at radius 2 is 1.72 bits per heavy atom. The summed E-state index contributed by atoms with van der Waals surface area (Å²) < 4.78 is 16.4. The lowest BCUT2D eigenvalue weighted by Gasteiger charge is -2.23. The van der Waals surface area contributed by atoms with Gasteiger partial charge in [-0.05, 0) is 43.2 Å². The first-order chi connectivity index (χ1) is 12.0. The lowest BCUT2D eigenvalue weighted by atomic mass is 10.2. The molecule has 0 aromatic heterocycles. The second-order valence-corrected chi connectivity index (χ2v) is 5.91. The quantitative estimate of drug-likeness (QED) is 0.773. The van der Waals surface area contributed by atoms with E-state index in [2.05, 4.69) is 0 Å². The van der Waals surface area contributed by atoms with Crippen LogP contribution in [0.4, 0.5) is 0 Å². The highest BCUT2D eigenvalue weighted by molar-refractivity contribution is 5.80. The molecule has 0 bridgehead atoms. The summed E-state index contributed by atoms with van der Waals surface area (Å²) in [5, 5.41) is 0. The van der Waals surface area contributed by atoms with Crippen LogP contribution in [0.25, 0.3) is 0 Å². The molecule has 0 aliphatic heterocycles. The molecule has 2 rings (SSSR count). The smallest absolute Gasteiger partial charge is 0.263 e. The number of carbonyl (C=O) groups is 1. The average Bonchev–Trinajstić information content (AvgIpc) is 2.62. The van der Waals surface area contributed by atoms with Gasteiger partial charge in [0.2, 0.25) is 0 Å². The molecule has 134 valence electrons. The summed E-state index contributed by atoms with van der Waals surface area (Å²) in [6.45, 7) is 4.18. The summed E-state index contributed by atoms with van der Waals surface area (Å²) in [6.07, 6.45) is -0.564. The number of hydrogen-bond acceptors (Lipinski definition) is 4. The second-order valence-electron chi connectivity index (χ2n) is 5.91. The van der Waals surface area contributed by atoms with Crippen molar-refractivity contribution in [1.82, 2.24) is 4.90 Å². The highest BCUT2D eigenvalue weighted by Crippen LogP contribution is 2.28. The Hall–Kier alpha value is -2.69. The maximum Gasteiger partial charge on any atom is 0.263 e. The van der Waals surface area contributed by atoms with Gasteiger partial charge < -0.3 is 19.1 Å². The molecule has 0 fully saturated rings. The zero-order chi connectivity index (χ0) is 18.4. The van der Waals surface area contributed by atoms with Gasteiger partial charge in [0, 0.05) is 13.6 Å². The number of likely N-dealkylation sites (N-methyl/N-ethyl adjacent to an activating group) is 1. The zero-order valence-electron chi connectivity index (χ0n) is 15.4.